The number of aromatic amines is 3. The molecular weight excluding hydrogens is 1320 g/mol. The molecule has 15 nitrogen and oxygen atoms in total. The van der Waals surface area contributed by atoms with Crippen LogP contribution >= 0.6 is 50.7 Å². The van der Waals surface area contributed by atoms with Gasteiger partial charge in [0.15, 0.2) is 29.5 Å². The van der Waals surface area contributed by atoms with Gasteiger partial charge in [-0.25, -0.2) is 53.4 Å². The molecule has 4 N–H and O–H groups in total. The second-order valence-corrected chi connectivity index (χ2v) is 27.4. The fourth-order valence-electron chi connectivity index (χ4n) is 7.97. The normalized spacial score (nSPS) is 13.5. The van der Waals surface area contributed by atoms with Crippen molar-refractivity contribution in [1.29, 1.82) is 0 Å². The van der Waals surface area contributed by atoms with E-state index < -0.39 is 99.1 Å². The minimum atomic E-state index is -3.94. The van der Waals surface area contributed by atoms with Crippen molar-refractivity contribution in [3.05, 3.63) is 194 Å². The average Bonchev–Trinajstić information content (AvgIpc) is 1.86. The van der Waals surface area contributed by atoms with Crippen molar-refractivity contribution in [3.8, 4) is 0 Å². The predicted octanol–water partition coefficient (Wildman–Crippen LogP) is 14.8. The fraction of sp³-hybridized carbons (Fsp3) is 0.246. The first-order chi connectivity index (χ1) is 39.7. The first kappa shape index (κ1) is 70.7. The van der Waals surface area contributed by atoms with Crippen molar-refractivity contribution in [1.82, 2.24) is 29.9 Å². The highest BCUT2D eigenvalue weighted by Gasteiger charge is 2.49. The summed E-state index contributed by atoms with van der Waals surface area (Å²) >= 11 is 20.4. The van der Waals surface area contributed by atoms with E-state index in [9.17, 15) is 51.6 Å². The smallest absolute Gasteiger partial charge is 0.400 e. The molecule has 1 aliphatic rings. The number of pyridine rings is 3. The number of halogens is 10. The fourth-order valence-corrected chi connectivity index (χ4v) is 13.2. The number of H-pyrrole nitrogens is 3. The highest BCUT2D eigenvalue weighted by molar-refractivity contribution is 9.10. The number of hydrogen-bond donors (Lipinski definition) is 4. The van der Waals surface area contributed by atoms with Crippen molar-refractivity contribution in [2.24, 2.45) is 0 Å². The van der Waals surface area contributed by atoms with Gasteiger partial charge in [0, 0.05) is 84.1 Å². The SMILES string of the molecule is C.C=CB1OC(C)(C)C(C)(C)O1.C=Cc1cc(F)c(CS(=O)(=O)c2c[nH]c3cc(Cl)ccc23)nc1F.CCO.CCc1cc(F)c(CS(=O)(=O)c2c[nH]c3cc(Cl)ccc23)nc1F.O=S(=O)(Cc1nc(F)c(Br)cc1F)c1c[nH]c2cc(Cl)ccc12. The van der Waals surface area contributed by atoms with Gasteiger partial charge >= 0.3 is 7.12 Å². The molecule has 9 aromatic rings. The zero-order chi connectivity index (χ0) is 63.1. The molecule has 86 heavy (non-hydrogen) atoms. The van der Waals surface area contributed by atoms with Crippen LogP contribution in [0.4, 0.5) is 26.3 Å². The Hall–Kier alpha value is -6.07. The lowest BCUT2D eigenvalue weighted by atomic mass is 9.90. The molecule has 1 fully saturated rings. The van der Waals surface area contributed by atoms with E-state index in [0.717, 1.165) is 24.3 Å². The van der Waals surface area contributed by atoms with Crippen LogP contribution in [0.3, 0.4) is 0 Å². The van der Waals surface area contributed by atoms with Crippen LogP contribution in [0, 0.1) is 35.3 Å². The van der Waals surface area contributed by atoms with Gasteiger partial charge in [-0.05, 0) is 112 Å². The van der Waals surface area contributed by atoms with Gasteiger partial charge in [-0.15, -0.1) is 6.58 Å². The summed E-state index contributed by atoms with van der Waals surface area (Å²) in [6.07, 6.45) is 5.27. The van der Waals surface area contributed by atoms with Gasteiger partial charge in [0.1, 0.15) is 34.7 Å². The molecule has 0 aliphatic carbocycles. The molecule has 0 saturated carbocycles. The molecule has 0 radical (unpaired) electrons. The van der Waals surface area contributed by atoms with Crippen LogP contribution < -0.4 is 0 Å². The lowest BCUT2D eigenvalue weighted by Crippen LogP contribution is -2.41. The number of aryl methyl sites for hydroxylation is 1. The monoisotopic (exact) mass is 1370 g/mol. The third-order valence-electron chi connectivity index (χ3n) is 12.9. The molecule has 0 atom stereocenters. The Balaban J connectivity index is 0.000000211. The Morgan fingerprint density at radius 3 is 1.26 bits per heavy atom. The predicted molar refractivity (Wildman–Crippen MR) is 328 cm³/mol. The second kappa shape index (κ2) is 28.8. The molecule has 460 valence electrons. The molecule has 1 saturated heterocycles. The first-order valence-electron chi connectivity index (χ1n) is 25.1. The number of aromatic nitrogens is 6. The third kappa shape index (κ3) is 16.8. The van der Waals surface area contributed by atoms with Crippen molar-refractivity contribution in [2.75, 3.05) is 6.61 Å². The quantitative estimate of drug-likeness (QED) is 0.0509. The molecule has 0 bridgehead atoms. The lowest BCUT2D eigenvalue weighted by molar-refractivity contribution is 0.00578. The number of fused-ring (bicyclic) bond motifs is 3. The van der Waals surface area contributed by atoms with E-state index in [4.69, 9.17) is 49.2 Å². The van der Waals surface area contributed by atoms with Crippen molar-refractivity contribution >= 4 is 126 Å². The number of rotatable bonds is 12. The van der Waals surface area contributed by atoms with E-state index in [2.05, 4.69) is 59.0 Å². The number of nitrogens with one attached hydrogen (secondary N) is 3. The van der Waals surface area contributed by atoms with Crippen LogP contribution in [0.5, 0.6) is 0 Å². The van der Waals surface area contributed by atoms with Crippen LogP contribution in [-0.4, -0.2) is 85.2 Å². The maximum Gasteiger partial charge on any atom is 0.486 e. The van der Waals surface area contributed by atoms with Crippen LogP contribution in [0.1, 0.15) is 77.2 Å². The zero-order valence-electron chi connectivity index (χ0n) is 45.9. The summed E-state index contributed by atoms with van der Waals surface area (Å²) in [5.41, 5.74) is -0.275. The first-order valence-corrected chi connectivity index (χ1v) is 32.0. The van der Waals surface area contributed by atoms with E-state index in [1.807, 2.05) is 27.7 Å². The number of aliphatic hydroxyl groups excluding tert-OH is 1. The van der Waals surface area contributed by atoms with Crippen LogP contribution in [0.2, 0.25) is 15.1 Å². The molecule has 10 rings (SSSR count). The van der Waals surface area contributed by atoms with E-state index in [0.29, 0.717) is 47.8 Å². The molecule has 6 aromatic heterocycles. The summed E-state index contributed by atoms with van der Waals surface area (Å²) in [6.45, 7) is 18.7. The largest absolute Gasteiger partial charge is 0.486 e. The van der Waals surface area contributed by atoms with Crippen molar-refractivity contribution in [3.63, 3.8) is 0 Å². The number of hydrogen-bond acceptors (Lipinski definition) is 12. The van der Waals surface area contributed by atoms with Crippen molar-refractivity contribution in [2.45, 2.75) is 98.5 Å². The lowest BCUT2D eigenvalue weighted by Gasteiger charge is -2.32. The summed E-state index contributed by atoms with van der Waals surface area (Å²) in [5.74, 6) is -5.99. The summed E-state index contributed by atoms with van der Waals surface area (Å²) in [7, 11) is -12.0. The van der Waals surface area contributed by atoms with Crippen molar-refractivity contribution < 1.29 is 66.0 Å². The summed E-state index contributed by atoms with van der Waals surface area (Å²) in [5, 5.41) is 10.2. The van der Waals surface area contributed by atoms with Gasteiger partial charge in [0.25, 0.3) is 0 Å². The molecule has 3 aromatic carbocycles. The van der Waals surface area contributed by atoms with E-state index >= 15 is 0 Å². The van der Waals surface area contributed by atoms with Crippen LogP contribution in [-0.2, 0) is 62.5 Å². The molecule has 7 heterocycles. The van der Waals surface area contributed by atoms with Gasteiger partial charge in [0.05, 0.1) is 47.4 Å². The van der Waals surface area contributed by atoms with E-state index in [-0.39, 0.29) is 69.1 Å². The maximum atomic E-state index is 14.0. The molecule has 29 heteroatoms. The topological polar surface area (TPSA) is 227 Å². The Kier molecular flexibility index (Phi) is 23.7. The second-order valence-electron chi connectivity index (χ2n) is 19.4. The maximum absolute atomic E-state index is 14.0. The number of benzene rings is 3. The van der Waals surface area contributed by atoms with Gasteiger partial charge in [-0.3, -0.25) is 0 Å². The highest BCUT2D eigenvalue weighted by Crippen LogP contribution is 2.37. The van der Waals surface area contributed by atoms with Crippen LogP contribution in [0.25, 0.3) is 38.8 Å². The molecule has 1 aliphatic heterocycles. The number of nitrogens with zero attached hydrogens (tertiary/aromatic N) is 3. The third-order valence-corrected chi connectivity index (χ3v) is 19.2. The Morgan fingerprint density at radius 2 is 0.919 bits per heavy atom. The average molecular weight is 1380 g/mol. The van der Waals surface area contributed by atoms with Crippen LogP contribution in [0.15, 0.2) is 130 Å². The van der Waals surface area contributed by atoms with E-state index in [1.165, 1.54) is 18.6 Å². The molecule has 0 amide bonds. The molecule has 0 spiro atoms. The van der Waals surface area contributed by atoms with Gasteiger partial charge < -0.3 is 29.4 Å². The number of sulfone groups is 3. The minimum absolute atomic E-state index is 0. The Bertz CT molecular complexity index is 4310. The number of aliphatic hydroxyl groups is 1. The molecule has 0 unspecified atom stereocenters. The summed E-state index contributed by atoms with van der Waals surface area (Å²) in [4.78, 5) is 18.6. The standard InChI is InChI=1S/C16H13ClF2N2O2S.C16H11ClF2N2O2S.C14H8BrClF2N2O2S.C8H15BO2.C2H6O.CH4/c2*1-2-9-5-12(18)14(21-16(9)19)8-24(22,23)15-7-20-13-6-10(17)3-4-11(13)15;15-9-4-10(17)12(20-14(9)18)6-23(21,22)13-5-19-11-3-7(16)1-2-8(11)13;1-6-9-10-7(2,3)8(4,5)11-9;1-2-3;/h3-7,20H,2,8H2,1H3;2-7,20H,1,8H2;1-5,19H,6H2;6H,1H2,2-5H3;3H,2H2,1H3;1H4. The van der Waals surface area contributed by atoms with Gasteiger partial charge in [-0.2, -0.15) is 13.2 Å². The Labute approximate surface area is 517 Å². The summed E-state index contributed by atoms with van der Waals surface area (Å²) in [6, 6.07) is 16.8. The Morgan fingerprint density at radius 1 is 0.581 bits per heavy atom. The highest BCUT2D eigenvalue weighted by atomic mass is 79.9. The summed E-state index contributed by atoms with van der Waals surface area (Å²) < 4.78 is 169. The zero-order valence-corrected chi connectivity index (χ0v) is 52.2. The van der Waals surface area contributed by atoms with Gasteiger partial charge in [0.2, 0.25) is 17.8 Å². The minimum Gasteiger partial charge on any atom is -0.400 e. The van der Waals surface area contributed by atoms with E-state index in [1.54, 1.807) is 74.4 Å². The molecular formula is C57H57BBrCl3F6N6O9S3. The van der Waals surface area contributed by atoms with Gasteiger partial charge in [-0.1, -0.05) is 86.0 Å².